The van der Waals surface area contributed by atoms with Crippen molar-refractivity contribution in [3.05, 3.63) is 83.9 Å². The summed E-state index contributed by atoms with van der Waals surface area (Å²) in [7, 11) is 2.97. The third-order valence-corrected chi connectivity index (χ3v) is 8.21. The monoisotopic (exact) mass is 564 g/mol. The molecular formula is C33H32N4O5. The molecule has 5 aromatic rings. The summed E-state index contributed by atoms with van der Waals surface area (Å²) in [4.78, 5) is 35.8. The van der Waals surface area contributed by atoms with Gasteiger partial charge >= 0.3 is 11.9 Å². The molecule has 3 aromatic carbocycles. The average molecular weight is 565 g/mol. The van der Waals surface area contributed by atoms with Crippen molar-refractivity contribution in [2.75, 3.05) is 27.3 Å². The molecule has 1 aliphatic heterocycles. The van der Waals surface area contributed by atoms with Crippen LogP contribution in [0.5, 0.6) is 5.75 Å². The Balaban J connectivity index is 1.27. The summed E-state index contributed by atoms with van der Waals surface area (Å²) in [5.74, 6) is 1.46. The van der Waals surface area contributed by atoms with E-state index in [0.717, 1.165) is 29.0 Å². The van der Waals surface area contributed by atoms with Gasteiger partial charge in [0.1, 0.15) is 11.3 Å². The zero-order valence-corrected chi connectivity index (χ0v) is 23.7. The number of para-hydroxylation sites is 1. The van der Waals surface area contributed by atoms with Crippen molar-refractivity contribution in [2.24, 2.45) is 11.8 Å². The van der Waals surface area contributed by atoms with Crippen molar-refractivity contribution in [2.45, 2.75) is 25.9 Å². The van der Waals surface area contributed by atoms with E-state index in [1.807, 2.05) is 18.2 Å². The maximum absolute atomic E-state index is 12.6. The molecule has 0 bridgehead atoms. The number of imidazole rings is 1. The number of hydrogen-bond acceptors (Lipinski definition) is 7. The molecular weight excluding hydrogens is 532 g/mol. The lowest BCUT2D eigenvalue weighted by Crippen LogP contribution is -2.49. The van der Waals surface area contributed by atoms with Crippen molar-refractivity contribution in [3.63, 3.8) is 0 Å². The van der Waals surface area contributed by atoms with E-state index in [0.29, 0.717) is 47.9 Å². The Bertz CT molecular complexity index is 1800. The summed E-state index contributed by atoms with van der Waals surface area (Å²) in [6, 6.07) is 23.1. The molecule has 3 heterocycles. The number of carbonyl (C=O) groups is 2. The molecule has 1 saturated carbocycles. The summed E-state index contributed by atoms with van der Waals surface area (Å²) in [6.45, 7) is 2.78. The highest BCUT2D eigenvalue weighted by Gasteiger charge is 2.33. The second-order valence-corrected chi connectivity index (χ2v) is 11.2. The van der Waals surface area contributed by atoms with Gasteiger partial charge in [0, 0.05) is 43.0 Å². The summed E-state index contributed by atoms with van der Waals surface area (Å²) >= 11 is 0. The third kappa shape index (κ3) is 4.79. The van der Waals surface area contributed by atoms with Crippen LogP contribution in [0.1, 0.15) is 33.6 Å². The molecule has 2 aliphatic rings. The number of aromatic nitrogens is 3. The Kier molecular flexibility index (Phi) is 6.66. The van der Waals surface area contributed by atoms with Gasteiger partial charge in [0.05, 0.1) is 36.6 Å². The fraction of sp³-hybridized carbons (Fsp3) is 0.303. The number of hydroxylamine groups is 2. The van der Waals surface area contributed by atoms with E-state index in [1.165, 1.54) is 25.5 Å². The number of fused-ring (bicyclic) bond motifs is 2. The molecule has 7 rings (SSSR count). The van der Waals surface area contributed by atoms with Gasteiger partial charge in [-0.3, -0.25) is 0 Å². The van der Waals surface area contributed by atoms with E-state index in [-0.39, 0.29) is 11.9 Å². The molecule has 2 aromatic heterocycles. The molecule has 2 fully saturated rings. The molecule has 0 amide bonds. The van der Waals surface area contributed by atoms with Crippen LogP contribution >= 0.6 is 0 Å². The maximum Gasteiger partial charge on any atom is 0.357 e. The van der Waals surface area contributed by atoms with Gasteiger partial charge in [-0.15, -0.1) is 5.06 Å². The first-order valence-corrected chi connectivity index (χ1v) is 14.3. The van der Waals surface area contributed by atoms with Crippen LogP contribution in [-0.4, -0.2) is 58.4 Å². The number of benzene rings is 3. The van der Waals surface area contributed by atoms with Crippen molar-refractivity contribution in [3.8, 4) is 17.3 Å². The standard InChI is InChI=1S/C33H32N4O5/c1-40-29-16-25(32(38)41-2)14-26-30(29)37(20-22-17-35(18-22)42-33(39)23-8-4-3-5-9-23)31(34-26)28-15-24-10-6-7-11-27(24)36(28)19-21-12-13-21/h3-11,14-16,21-22H,12-13,17-20H2,1-2H3. The molecule has 0 unspecified atom stereocenters. The Labute approximate surface area is 243 Å². The Hall–Kier alpha value is -4.63. The number of ether oxygens (including phenoxy) is 2. The Morgan fingerprint density at radius 1 is 0.833 bits per heavy atom. The molecule has 214 valence electrons. The fourth-order valence-corrected chi connectivity index (χ4v) is 5.86. The molecule has 0 spiro atoms. The van der Waals surface area contributed by atoms with Crippen LogP contribution in [0.2, 0.25) is 0 Å². The number of carbonyl (C=O) groups excluding carboxylic acids is 2. The first-order valence-electron chi connectivity index (χ1n) is 14.3. The number of esters is 1. The molecule has 9 nitrogen and oxygen atoms in total. The quantitative estimate of drug-likeness (QED) is 0.216. The highest BCUT2D eigenvalue weighted by molar-refractivity contribution is 5.97. The van der Waals surface area contributed by atoms with Gasteiger partial charge in [-0.2, -0.15) is 0 Å². The van der Waals surface area contributed by atoms with Crippen molar-refractivity contribution in [1.29, 1.82) is 0 Å². The van der Waals surface area contributed by atoms with Gasteiger partial charge in [-0.25, -0.2) is 14.6 Å². The molecule has 1 saturated heterocycles. The number of methoxy groups -OCH3 is 2. The van der Waals surface area contributed by atoms with Gasteiger partial charge < -0.3 is 23.4 Å². The van der Waals surface area contributed by atoms with Gasteiger partial charge in [-0.05, 0) is 55.2 Å². The lowest BCUT2D eigenvalue weighted by atomic mass is 10.0. The zero-order chi connectivity index (χ0) is 28.8. The van der Waals surface area contributed by atoms with E-state index in [1.54, 1.807) is 36.4 Å². The SMILES string of the molecule is COC(=O)c1cc(OC)c2c(c1)nc(-c1cc3ccccc3n1CC1CC1)n2CC1CN(OC(=O)c2ccccc2)C1. The van der Waals surface area contributed by atoms with Gasteiger partial charge in [-0.1, -0.05) is 36.4 Å². The fourth-order valence-electron chi connectivity index (χ4n) is 5.86. The van der Waals surface area contributed by atoms with Crippen LogP contribution in [-0.2, 0) is 22.7 Å². The van der Waals surface area contributed by atoms with Crippen molar-refractivity contribution >= 4 is 33.9 Å². The van der Waals surface area contributed by atoms with Crippen LogP contribution in [0.3, 0.4) is 0 Å². The van der Waals surface area contributed by atoms with E-state index < -0.39 is 5.97 Å². The first-order chi connectivity index (χ1) is 20.5. The second-order valence-electron chi connectivity index (χ2n) is 11.2. The van der Waals surface area contributed by atoms with E-state index >= 15 is 0 Å². The summed E-state index contributed by atoms with van der Waals surface area (Å²) in [5.41, 5.74) is 4.62. The summed E-state index contributed by atoms with van der Waals surface area (Å²) < 4.78 is 15.4. The number of hydrogen-bond donors (Lipinski definition) is 0. The highest BCUT2D eigenvalue weighted by Crippen LogP contribution is 2.39. The topological polar surface area (TPSA) is 87.8 Å². The largest absolute Gasteiger partial charge is 0.494 e. The van der Waals surface area contributed by atoms with E-state index in [2.05, 4.69) is 39.5 Å². The minimum atomic E-state index is -0.441. The molecule has 0 atom stereocenters. The minimum Gasteiger partial charge on any atom is -0.494 e. The van der Waals surface area contributed by atoms with Crippen LogP contribution in [0.4, 0.5) is 0 Å². The normalized spacial score (nSPS) is 15.6. The van der Waals surface area contributed by atoms with Gasteiger partial charge in [0.15, 0.2) is 5.82 Å². The molecule has 0 N–H and O–H groups in total. The smallest absolute Gasteiger partial charge is 0.357 e. The Morgan fingerprint density at radius 2 is 1.57 bits per heavy atom. The summed E-state index contributed by atoms with van der Waals surface area (Å²) in [5, 5.41) is 2.87. The predicted octanol–water partition coefficient (Wildman–Crippen LogP) is 5.57. The van der Waals surface area contributed by atoms with Crippen LogP contribution < -0.4 is 4.74 Å². The molecule has 9 heteroatoms. The van der Waals surface area contributed by atoms with Gasteiger partial charge in [0.25, 0.3) is 0 Å². The average Bonchev–Trinajstić information content (AvgIpc) is 3.65. The second kappa shape index (κ2) is 10.6. The summed E-state index contributed by atoms with van der Waals surface area (Å²) in [6.07, 6.45) is 2.47. The van der Waals surface area contributed by atoms with E-state index in [9.17, 15) is 9.59 Å². The van der Waals surface area contributed by atoms with Crippen LogP contribution in [0.25, 0.3) is 33.5 Å². The highest BCUT2D eigenvalue weighted by atomic mass is 16.7. The third-order valence-electron chi connectivity index (χ3n) is 8.21. The minimum absolute atomic E-state index is 0.218. The molecule has 0 radical (unpaired) electrons. The van der Waals surface area contributed by atoms with Crippen molar-refractivity contribution < 1.29 is 23.9 Å². The van der Waals surface area contributed by atoms with Crippen molar-refractivity contribution in [1.82, 2.24) is 19.2 Å². The van der Waals surface area contributed by atoms with Gasteiger partial charge in [0.2, 0.25) is 0 Å². The molecule has 1 aliphatic carbocycles. The van der Waals surface area contributed by atoms with E-state index in [4.69, 9.17) is 19.3 Å². The lowest BCUT2D eigenvalue weighted by molar-refractivity contribution is -0.175. The number of rotatable bonds is 9. The van der Waals surface area contributed by atoms with Crippen LogP contribution in [0.15, 0.2) is 72.8 Å². The molecule has 42 heavy (non-hydrogen) atoms. The first kappa shape index (κ1) is 26.3. The lowest BCUT2D eigenvalue weighted by Gasteiger charge is -2.37. The predicted molar refractivity (Wildman–Crippen MR) is 158 cm³/mol. The zero-order valence-electron chi connectivity index (χ0n) is 23.7. The number of nitrogens with zero attached hydrogens (tertiary/aromatic N) is 4. The van der Waals surface area contributed by atoms with Crippen LogP contribution in [0, 0.1) is 11.8 Å². The Morgan fingerprint density at radius 3 is 2.31 bits per heavy atom. The maximum atomic E-state index is 12.6.